The fourth-order valence-electron chi connectivity index (χ4n) is 3.26. The van der Waals surface area contributed by atoms with E-state index in [2.05, 4.69) is 20.6 Å². The Bertz CT molecular complexity index is 1210. The normalized spacial score (nSPS) is 20.1. The average molecular weight is 485 g/mol. The fraction of sp³-hybridized carbons (Fsp3) is 0.278. The molecule has 1 atom stereocenters. The van der Waals surface area contributed by atoms with Crippen LogP contribution in [0.25, 0.3) is 0 Å². The van der Waals surface area contributed by atoms with Gasteiger partial charge in [-0.25, -0.2) is 18.9 Å². The van der Waals surface area contributed by atoms with Gasteiger partial charge in [-0.15, -0.1) is 5.10 Å². The number of rotatable bonds is 4. The minimum Gasteiger partial charge on any atom is -0.434 e. The van der Waals surface area contributed by atoms with Crippen LogP contribution in [0.15, 0.2) is 28.1 Å². The zero-order valence-electron chi connectivity index (χ0n) is 15.8. The van der Waals surface area contributed by atoms with E-state index in [0.717, 1.165) is 11.1 Å². The molecule has 10 nitrogen and oxygen atoms in total. The number of nitrogens with one attached hydrogen (secondary N) is 2. The van der Waals surface area contributed by atoms with Gasteiger partial charge in [0, 0.05) is 30.4 Å². The van der Waals surface area contributed by atoms with Crippen LogP contribution in [-0.2, 0) is 4.79 Å². The van der Waals surface area contributed by atoms with Gasteiger partial charge in [0.25, 0.3) is 11.5 Å². The summed E-state index contributed by atoms with van der Waals surface area (Å²) in [5.41, 5.74) is -0.779. The molecule has 1 fully saturated rings. The first kappa shape index (κ1) is 21.9. The summed E-state index contributed by atoms with van der Waals surface area (Å²) < 4.78 is 32.3. The van der Waals surface area contributed by atoms with Crippen molar-refractivity contribution in [2.75, 3.05) is 5.01 Å². The molecule has 1 saturated carbocycles. The Balaban J connectivity index is 1.66. The molecular weight excluding hydrogens is 473 g/mol. The SMILES string of the molecule is N#CC1=NN(c2cc(Cl)c(Oc3n[nH]c(=O)cc3C3CC(F)(F)C3)c(Cl)c2)C(O)NC1=O. The van der Waals surface area contributed by atoms with Crippen molar-refractivity contribution in [1.29, 1.82) is 5.26 Å². The summed E-state index contributed by atoms with van der Waals surface area (Å²) >= 11 is 12.5. The molecule has 0 saturated heterocycles. The van der Waals surface area contributed by atoms with Gasteiger partial charge in [0.05, 0.1) is 15.7 Å². The Morgan fingerprint density at radius 2 is 1.91 bits per heavy atom. The summed E-state index contributed by atoms with van der Waals surface area (Å²) in [6.07, 6.45) is -2.49. The highest BCUT2D eigenvalue weighted by molar-refractivity contribution is 6.45. The van der Waals surface area contributed by atoms with Crippen LogP contribution in [0, 0.1) is 11.3 Å². The van der Waals surface area contributed by atoms with Crippen LogP contribution in [-0.4, -0.2) is 39.2 Å². The van der Waals surface area contributed by atoms with Gasteiger partial charge in [-0.05, 0) is 12.1 Å². The molecule has 1 aliphatic carbocycles. The summed E-state index contributed by atoms with van der Waals surface area (Å²) in [4.78, 5) is 23.2. The molecule has 0 spiro atoms. The molecule has 1 amide bonds. The number of alkyl halides is 2. The largest absolute Gasteiger partial charge is 0.434 e. The number of aromatic amines is 1. The standard InChI is InChI=1S/C18H12Cl2F2N6O4/c19-10-1-8(28-17(31)24-15(30)12(6-23)27-28)2-11(20)14(10)32-16-9(3-13(29)25-26-16)7-4-18(21,22)5-7/h1-3,7,17,31H,4-5H2,(H,24,30)(H,25,29). The third-order valence-corrected chi connectivity index (χ3v) is 5.36. The summed E-state index contributed by atoms with van der Waals surface area (Å²) in [5.74, 6) is -4.54. The molecule has 2 heterocycles. The highest BCUT2D eigenvalue weighted by Gasteiger charge is 2.47. The average Bonchev–Trinajstić information content (AvgIpc) is 2.69. The summed E-state index contributed by atoms with van der Waals surface area (Å²) in [6, 6.07) is 5.28. The predicted molar refractivity (Wildman–Crippen MR) is 108 cm³/mol. The number of ether oxygens (including phenoxy) is 1. The molecular formula is C18H12Cl2F2N6O4. The Hall–Kier alpha value is -3.27. The van der Waals surface area contributed by atoms with E-state index >= 15 is 0 Å². The monoisotopic (exact) mass is 484 g/mol. The van der Waals surface area contributed by atoms with Gasteiger partial charge < -0.3 is 15.2 Å². The van der Waals surface area contributed by atoms with Crippen LogP contribution < -0.4 is 20.6 Å². The Labute approximate surface area is 188 Å². The minimum absolute atomic E-state index is 0.0804. The number of carbonyl (C=O) groups excluding carboxylic acids is 1. The Morgan fingerprint density at radius 1 is 1.25 bits per heavy atom. The number of nitriles is 1. The van der Waals surface area contributed by atoms with Crippen molar-refractivity contribution in [2.45, 2.75) is 31.0 Å². The highest BCUT2D eigenvalue weighted by atomic mass is 35.5. The van der Waals surface area contributed by atoms with Crippen molar-refractivity contribution < 1.29 is 23.4 Å². The van der Waals surface area contributed by atoms with E-state index in [1.54, 1.807) is 6.07 Å². The number of amides is 1. The molecule has 1 unspecified atom stereocenters. The summed E-state index contributed by atoms with van der Waals surface area (Å²) in [5, 5.41) is 31.6. The van der Waals surface area contributed by atoms with E-state index in [-0.39, 0.29) is 32.9 Å². The number of hydrogen-bond acceptors (Lipinski definition) is 8. The number of aliphatic hydroxyl groups excluding tert-OH is 1. The summed E-state index contributed by atoms with van der Waals surface area (Å²) in [6.45, 7) is 0. The predicted octanol–water partition coefficient (Wildman–Crippen LogP) is 2.47. The van der Waals surface area contributed by atoms with E-state index < -0.39 is 48.2 Å². The number of nitrogens with zero attached hydrogens (tertiary/aromatic N) is 4. The first-order chi connectivity index (χ1) is 15.1. The number of carbonyl (C=O) groups is 1. The number of benzene rings is 1. The van der Waals surface area contributed by atoms with Crippen LogP contribution in [0.4, 0.5) is 14.5 Å². The second-order valence-electron chi connectivity index (χ2n) is 7.05. The number of hydrogen-bond donors (Lipinski definition) is 3. The molecule has 0 bridgehead atoms. The summed E-state index contributed by atoms with van der Waals surface area (Å²) in [7, 11) is 0. The topological polar surface area (TPSA) is 144 Å². The van der Waals surface area contributed by atoms with Crippen molar-refractivity contribution in [1.82, 2.24) is 15.5 Å². The molecule has 0 radical (unpaired) electrons. The third kappa shape index (κ3) is 4.10. The molecule has 14 heteroatoms. The van der Waals surface area contributed by atoms with Crippen molar-refractivity contribution >= 4 is 40.5 Å². The van der Waals surface area contributed by atoms with Gasteiger partial charge in [-0.1, -0.05) is 23.2 Å². The van der Waals surface area contributed by atoms with E-state index in [0.29, 0.717) is 0 Å². The Morgan fingerprint density at radius 3 is 2.50 bits per heavy atom. The van der Waals surface area contributed by atoms with Crippen LogP contribution in [0.1, 0.15) is 24.3 Å². The van der Waals surface area contributed by atoms with Crippen LogP contribution in [0.5, 0.6) is 11.6 Å². The lowest BCUT2D eigenvalue weighted by atomic mass is 9.77. The van der Waals surface area contributed by atoms with E-state index in [9.17, 15) is 23.5 Å². The molecule has 4 rings (SSSR count). The van der Waals surface area contributed by atoms with E-state index in [1.807, 2.05) is 0 Å². The first-order valence-electron chi connectivity index (χ1n) is 8.99. The van der Waals surface area contributed by atoms with Crippen molar-refractivity contribution in [3.63, 3.8) is 0 Å². The van der Waals surface area contributed by atoms with E-state index in [4.69, 9.17) is 33.2 Å². The number of aliphatic hydroxyl groups is 1. The van der Waals surface area contributed by atoms with Gasteiger partial charge in [-0.2, -0.15) is 10.4 Å². The van der Waals surface area contributed by atoms with Gasteiger partial charge in [0.15, 0.2) is 5.75 Å². The molecule has 2 aliphatic rings. The number of H-pyrrole nitrogens is 1. The second-order valence-corrected chi connectivity index (χ2v) is 7.86. The van der Waals surface area contributed by atoms with Gasteiger partial charge in [0.1, 0.15) is 6.07 Å². The lowest BCUT2D eigenvalue weighted by Crippen LogP contribution is -2.53. The highest BCUT2D eigenvalue weighted by Crippen LogP contribution is 2.50. The maximum atomic E-state index is 13.3. The molecule has 1 aliphatic heterocycles. The number of halogens is 4. The van der Waals surface area contributed by atoms with Gasteiger partial charge in [0.2, 0.25) is 23.9 Å². The molecule has 32 heavy (non-hydrogen) atoms. The van der Waals surface area contributed by atoms with Crippen molar-refractivity contribution in [3.05, 3.63) is 44.2 Å². The van der Waals surface area contributed by atoms with Crippen LogP contribution >= 0.6 is 23.2 Å². The first-order valence-corrected chi connectivity index (χ1v) is 9.75. The van der Waals surface area contributed by atoms with Crippen molar-refractivity contribution in [2.24, 2.45) is 5.10 Å². The van der Waals surface area contributed by atoms with Gasteiger partial charge in [-0.3, -0.25) is 9.59 Å². The molecule has 1 aromatic carbocycles. The lowest BCUT2D eigenvalue weighted by molar-refractivity contribution is -0.118. The zero-order chi connectivity index (χ0) is 23.2. The van der Waals surface area contributed by atoms with Crippen LogP contribution in [0.2, 0.25) is 10.0 Å². The maximum Gasteiger partial charge on any atom is 0.286 e. The Kier molecular flexibility index (Phi) is 5.49. The third-order valence-electron chi connectivity index (χ3n) is 4.80. The minimum atomic E-state index is -2.82. The maximum absolute atomic E-state index is 13.3. The second kappa shape index (κ2) is 8.01. The number of hydrazone groups is 1. The smallest absolute Gasteiger partial charge is 0.286 e. The molecule has 2 aromatic rings. The van der Waals surface area contributed by atoms with Crippen LogP contribution in [0.3, 0.4) is 0 Å². The van der Waals surface area contributed by atoms with Crippen molar-refractivity contribution in [3.8, 4) is 17.7 Å². The fourth-order valence-corrected chi connectivity index (χ4v) is 3.81. The number of aromatic nitrogens is 2. The zero-order valence-corrected chi connectivity index (χ0v) is 17.3. The molecule has 166 valence electrons. The lowest BCUT2D eigenvalue weighted by Gasteiger charge is -2.35. The van der Waals surface area contributed by atoms with Gasteiger partial charge >= 0.3 is 0 Å². The van der Waals surface area contributed by atoms with E-state index in [1.165, 1.54) is 12.1 Å². The molecule has 3 N–H and O–H groups in total. The number of anilines is 1. The quantitative estimate of drug-likeness (QED) is 0.604. The molecule has 1 aromatic heterocycles.